The number of carbonyl (C=O) groups is 1. The van der Waals surface area contributed by atoms with Crippen molar-refractivity contribution in [2.75, 3.05) is 6.54 Å². The van der Waals surface area contributed by atoms with E-state index in [1.165, 1.54) is 4.31 Å². The molecule has 1 amide bonds. The number of aryl methyl sites for hydroxylation is 1. The first-order valence-electron chi connectivity index (χ1n) is 10.0. The summed E-state index contributed by atoms with van der Waals surface area (Å²) in [4.78, 5) is 13.0. The number of fused-ring (bicyclic) bond motifs is 1. The number of hydrogen-bond donors (Lipinski definition) is 1. The Balaban J connectivity index is 1.60. The van der Waals surface area contributed by atoms with Crippen LogP contribution in [0.3, 0.4) is 0 Å². The van der Waals surface area contributed by atoms with Crippen molar-refractivity contribution in [1.29, 1.82) is 0 Å². The maximum atomic E-state index is 13.4. The van der Waals surface area contributed by atoms with E-state index in [0.717, 1.165) is 21.4 Å². The van der Waals surface area contributed by atoms with Crippen LogP contribution in [0, 0.1) is 6.92 Å². The van der Waals surface area contributed by atoms with Crippen LogP contribution in [-0.4, -0.2) is 25.2 Å². The van der Waals surface area contributed by atoms with Gasteiger partial charge in [0.15, 0.2) is 0 Å². The van der Waals surface area contributed by atoms with Crippen LogP contribution in [-0.2, 0) is 27.8 Å². The first-order chi connectivity index (χ1) is 14.8. The molecule has 0 radical (unpaired) electrons. The van der Waals surface area contributed by atoms with Crippen LogP contribution < -0.4 is 5.32 Å². The van der Waals surface area contributed by atoms with E-state index in [-0.39, 0.29) is 23.8 Å². The van der Waals surface area contributed by atoms with E-state index in [2.05, 4.69) is 21.2 Å². The van der Waals surface area contributed by atoms with Gasteiger partial charge in [0.1, 0.15) is 11.5 Å². The highest BCUT2D eigenvalue weighted by molar-refractivity contribution is 9.10. The molecule has 6 nitrogen and oxygen atoms in total. The fourth-order valence-corrected chi connectivity index (χ4v) is 5.75. The van der Waals surface area contributed by atoms with Crippen LogP contribution in [0.25, 0.3) is 0 Å². The number of amides is 1. The number of furan rings is 1. The molecule has 0 unspecified atom stereocenters. The third kappa shape index (κ3) is 4.76. The van der Waals surface area contributed by atoms with Gasteiger partial charge in [-0.25, -0.2) is 8.42 Å². The van der Waals surface area contributed by atoms with Crippen molar-refractivity contribution in [3.63, 3.8) is 0 Å². The summed E-state index contributed by atoms with van der Waals surface area (Å²) in [6.07, 6.45) is 0.641. The van der Waals surface area contributed by atoms with E-state index in [4.69, 9.17) is 4.42 Å². The number of rotatable bonds is 6. The van der Waals surface area contributed by atoms with E-state index in [0.29, 0.717) is 18.7 Å². The molecule has 0 saturated heterocycles. The zero-order valence-electron chi connectivity index (χ0n) is 17.0. The van der Waals surface area contributed by atoms with Crippen LogP contribution in [0.15, 0.2) is 74.4 Å². The first-order valence-corrected chi connectivity index (χ1v) is 12.2. The SMILES string of the molecule is Cc1ccc(CNC(=O)C[C@H]2c3ccccc3CCN2S(=O)(=O)c2ccc(Br)cc2)o1. The third-order valence-electron chi connectivity index (χ3n) is 5.42. The predicted octanol–water partition coefficient (Wildman–Crippen LogP) is 4.35. The second-order valence-corrected chi connectivity index (χ2v) is 10.3. The minimum absolute atomic E-state index is 0.0342. The molecule has 1 aromatic heterocycles. The number of hydrogen-bond acceptors (Lipinski definition) is 4. The minimum atomic E-state index is -3.77. The first kappa shape index (κ1) is 21.8. The van der Waals surface area contributed by atoms with Crippen LogP contribution in [0.5, 0.6) is 0 Å². The maximum Gasteiger partial charge on any atom is 0.243 e. The molecule has 0 aliphatic carbocycles. The van der Waals surface area contributed by atoms with E-state index < -0.39 is 16.1 Å². The lowest BCUT2D eigenvalue weighted by atomic mass is 9.92. The van der Waals surface area contributed by atoms with Gasteiger partial charge >= 0.3 is 0 Å². The molecule has 2 aromatic carbocycles. The zero-order chi connectivity index (χ0) is 22.0. The number of nitrogens with zero attached hydrogens (tertiary/aromatic N) is 1. The van der Waals surface area contributed by atoms with Crippen molar-refractivity contribution in [2.24, 2.45) is 0 Å². The Morgan fingerprint density at radius 2 is 1.87 bits per heavy atom. The molecular formula is C23H23BrN2O4S. The average Bonchev–Trinajstić information content (AvgIpc) is 3.18. The molecule has 2 heterocycles. The van der Waals surface area contributed by atoms with Gasteiger partial charge in [0, 0.05) is 17.4 Å². The molecule has 31 heavy (non-hydrogen) atoms. The highest BCUT2D eigenvalue weighted by atomic mass is 79.9. The summed E-state index contributed by atoms with van der Waals surface area (Å²) in [5, 5.41) is 2.85. The summed E-state index contributed by atoms with van der Waals surface area (Å²) >= 11 is 3.34. The smallest absolute Gasteiger partial charge is 0.243 e. The Morgan fingerprint density at radius 1 is 1.13 bits per heavy atom. The molecule has 8 heteroatoms. The fourth-order valence-electron chi connectivity index (χ4n) is 3.88. The van der Waals surface area contributed by atoms with Gasteiger partial charge < -0.3 is 9.73 Å². The van der Waals surface area contributed by atoms with Crippen LogP contribution in [0.1, 0.15) is 35.1 Å². The van der Waals surface area contributed by atoms with E-state index in [1.807, 2.05) is 43.3 Å². The van der Waals surface area contributed by atoms with Crippen molar-refractivity contribution in [3.05, 3.63) is 87.8 Å². The molecule has 0 fully saturated rings. The van der Waals surface area contributed by atoms with Crippen molar-refractivity contribution in [1.82, 2.24) is 9.62 Å². The number of sulfonamides is 1. The second kappa shape index (κ2) is 8.98. The van der Waals surface area contributed by atoms with Gasteiger partial charge in [0.2, 0.25) is 15.9 Å². The molecule has 4 rings (SSSR count). The average molecular weight is 503 g/mol. The standard InChI is InChI=1S/C23H23BrN2O4S/c1-16-6-9-19(30-16)15-25-23(27)14-22-21-5-3-2-4-17(21)12-13-26(22)31(28,29)20-10-7-18(24)8-11-20/h2-11,22H,12-15H2,1H3,(H,25,27)/t22-/m0/s1. The fraction of sp³-hybridized carbons (Fsp3) is 0.261. The number of benzene rings is 2. The number of carbonyl (C=O) groups excluding carboxylic acids is 1. The normalized spacial score (nSPS) is 16.6. The van der Waals surface area contributed by atoms with Gasteiger partial charge in [-0.15, -0.1) is 0 Å². The summed E-state index contributed by atoms with van der Waals surface area (Å²) in [5.41, 5.74) is 1.95. The van der Waals surface area contributed by atoms with Crippen LogP contribution in [0.4, 0.5) is 0 Å². The Labute approximate surface area is 190 Å². The highest BCUT2D eigenvalue weighted by Gasteiger charge is 2.37. The lowest BCUT2D eigenvalue weighted by Gasteiger charge is -2.36. The van der Waals surface area contributed by atoms with Gasteiger partial charge in [-0.05, 0) is 60.9 Å². The summed E-state index contributed by atoms with van der Waals surface area (Å²) < 4.78 is 34.6. The Hall–Kier alpha value is -2.42. The number of halogens is 1. The lowest BCUT2D eigenvalue weighted by Crippen LogP contribution is -2.42. The molecule has 0 spiro atoms. The lowest BCUT2D eigenvalue weighted by molar-refractivity contribution is -0.122. The Kier molecular flexibility index (Phi) is 6.31. The molecule has 1 atom stereocenters. The van der Waals surface area contributed by atoms with Crippen LogP contribution in [0.2, 0.25) is 0 Å². The van der Waals surface area contributed by atoms with Gasteiger partial charge in [0.05, 0.1) is 17.5 Å². The molecular weight excluding hydrogens is 480 g/mol. The molecule has 1 aliphatic rings. The van der Waals surface area contributed by atoms with Crippen molar-refractivity contribution >= 4 is 31.9 Å². The molecule has 1 aliphatic heterocycles. The minimum Gasteiger partial charge on any atom is -0.465 e. The molecule has 3 aromatic rings. The summed E-state index contributed by atoms with van der Waals surface area (Å²) in [6.45, 7) is 2.43. The monoisotopic (exact) mass is 502 g/mol. The third-order valence-corrected chi connectivity index (χ3v) is 7.87. The predicted molar refractivity (Wildman–Crippen MR) is 121 cm³/mol. The largest absolute Gasteiger partial charge is 0.465 e. The van der Waals surface area contributed by atoms with Crippen molar-refractivity contribution in [3.8, 4) is 0 Å². The highest BCUT2D eigenvalue weighted by Crippen LogP contribution is 2.36. The van der Waals surface area contributed by atoms with Crippen molar-refractivity contribution < 1.29 is 17.6 Å². The van der Waals surface area contributed by atoms with Gasteiger partial charge in [-0.1, -0.05) is 40.2 Å². The molecule has 1 N–H and O–H groups in total. The van der Waals surface area contributed by atoms with Gasteiger partial charge in [0.25, 0.3) is 0 Å². The summed E-state index contributed by atoms with van der Waals surface area (Å²) in [5.74, 6) is 1.21. The Morgan fingerprint density at radius 3 is 2.58 bits per heavy atom. The summed E-state index contributed by atoms with van der Waals surface area (Å²) in [6, 6.07) is 17.4. The zero-order valence-corrected chi connectivity index (χ0v) is 19.4. The quantitative estimate of drug-likeness (QED) is 0.543. The second-order valence-electron chi connectivity index (χ2n) is 7.53. The molecule has 162 valence electrons. The number of nitrogens with one attached hydrogen (secondary N) is 1. The van der Waals surface area contributed by atoms with Gasteiger partial charge in [-0.2, -0.15) is 4.31 Å². The van der Waals surface area contributed by atoms with Gasteiger partial charge in [-0.3, -0.25) is 4.79 Å². The van der Waals surface area contributed by atoms with E-state index in [9.17, 15) is 13.2 Å². The van der Waals surface area contributed by atoms with E-state index >= 15 is 0 Å². The molecule has 0 bridgehead atoms. The summed E-state index contributed by atoms with van der Waals surface area (Å²) in [7, 11) is -3.77. The topological polar surface area (TPSA) is 79.6 Å². The maximum absolute atomic E-state index is 13.4. The Bertz CT molecular complexity index is 1190. The van der Waals surface area contributed by atoms with Crippen LogP contribution >= 0.6 is 15.9 Å². The van der Waals surface area contributed by atoms with E-state index in [1.54, 1.807) is 24.3 Å². The van der Waals surface area contributed by atoms with Crippen molar-refractivity contribution in [2.45, 2.75) is 37.2 Å². The molecule has 0 saturated carbocycles.